The molecular weight excluding hydrogens is 392 g/mol. The minimum Gasteiger partial charge on any atom is -0.478 e. The summed E-state index contributed by atoms with van der Waals surface area (Å²) in [5.41, 5.74) is 2.24. The Morgan fingerprint density at radius 3 is 2.38 bits per heavy atom. The number of aliphatic carboxylic acids is 2. The molecule has 1 saturated heterocycles. The van der Waals surface area contributed by atoms with Crippen molar-refractivity contribution in [3.8, 4) is 0 Å². The fraction of sp³-hybridized carbons (Fsp3) is 0.409. The fourth-order valence-electron chi connectivity index (χ4n) is 3.87. The molecule has 0 amide bonds. The first-order valence-corrected chi connectivity index (χ1v) is 10.3. The molecule has 0 unspecified atom stereocenters. The van der Waals surface area contributed by atoms with Crippen molar-refractivity contribution in [3.63, 3.8) is 0 Å². The van der Waals surface area contributed by atoms with E-state index in [9.17, 15) is 14.7 Å². The molecule has 1 aliphatic carbocycles. The van der Waals surface area contributed by atoms with Gasteiger partial charge in [-0.05, 0) is 49.5 Å². The zero-order chi connectivity index (χ0) is 20.8. The topological polar surface area (TPSA) is 90.2 Å². The Kier molecular flexibility index (Phi) is 7.09. The van der Waals surface area contributed by atoms with Gasteiger partial charge in [-0.3, -0.25) is 4.99 Å². The molecule has 2 fully saturated rings. The monoisotopic (exact) mass is 416 g/mol. The van der Waals surface area contributed by atoms with Crippen molar-refractivity contribution in [3.05, 3.63) is 58.4 Å². The Hall–Kier alpha value is -2.60. The standard InChI is InChI=1S/C22H25ClN2O4/c23-16-10-8-15(9-11-16)19(24-17-5-2-1-3-6-17)13-18-7-4-12-25(18)20(22(28)29)14-21(26)27/h8-11,13-14,17H,1-7,12H2,(H,26,27)(H,28,29)/b18-13?,20-14-,24-19?. The summed E-state index contributed by atoms with van der Waals surface area (Å²) in [5.74, 6) is -2.53. The van der Waals surface area contributed by atoms with Crippen LogP contribution < -0.4 is 0 Å². The summed E-state index contributed by atoms with van der Waals surface area (Å²) in [6.45, 7) is 0.467. The van der Waals surface area contributed by atoms with Gasteiger partial charge < -0.3 is 15.1 Å². The van der Waals surface area contributed by atoms with Crippen LogP contribution in [-0.4, -0.2) is 45.3 Å². The van der Waals surface area contributed by atoms with Gasteiger partial charge in [0.05, 0.1) is 17.8 Å². The quantitative estimate of drug-likeness (QED) is 0.526. The number of rotatable bonds is 6. The SMILES string of the molecule is O=C(O)/C=C(/C(=O)O)N1CCCC1=CC(=NC1CCCCC1)c1ccc(Cl)cc1. The third kappa shape index (κ3) is 5.70. The third-order valence-corrected chi connectivity index (χ3v) is 5.52. The largest absolute Gasteiger partial charge is 0.478 e. The van der Waals surface area contributed by atoms with Crippen LogP contribution in [0.4, 0.5) is 0 Å². The molecule has 2 aliphatic rings. The van der Waals surface area contributed by atoms with Gasteiger partial charge in [0.2, 0.25) is 0 Å². The van der Waals surface area contributed by atoms with Crippen molar-refractivity contribution in [1.29, 1.82) is 0 Å². The summed E-state index contributed by atoms with van der Waals surface area (Å²) >= 11 is 6.03. The predicted octanol–water partition coefficient (Wildman–Crippen LogP) is 4.49. The van der Waals surface area contributed by atoms with Crippen LogP contribution in [0.5, 0.6) is 0 Å². The minimum atomic E-state index is -1.28. The van der Waals surface area contributed by atoms with Crippen LogP contribution in [0.15, 0.2) is 52.8 Å². The van der Waals surface area contributed by atoms with E-state index in [0.717, 1.165) is 55.2 Å². The van der Waals surface area contributed by atoms with Gasteiger partial charge in [-0.1, -0.05) is 43.0 Å². The van der Waals surface area contributed by atoms with E-state index in [0.29, 0.717) is 18.0 Å². The number of allylic oxidation sites excluding steroid dienone is 2. The number of halogens is 1. The molecule has 2 N–H and O–H groups in total. The molecule has 154 valence electrons. The highest BCUT2D eigenvalue weighted by atomic mass is 35.5. The Bertz CT molecular complexity index is 852. The molecule has 1 aliphatic heterocycles. The molecule has 6 nitrogen and oxygen atoms in total. The smallest absolute Gasteiger partial charge is 0.352 e. The van der Waals surface area contributed by atoms with E-state index in [1.54, 1.807) is 4.90 Å². The van der Waals surface area contributed by atoms with E-state index in [2.05, 4.69) is 0 Å². The number of carboxylic acid groups (broad SMARTS) is 2. The highest BCUT2D eigenvalue weighted by Crippen LogP contribution is 2.28. The first-order valence-electron chi connectivity index (χ1n) is 9.94. The fourth-order valence-corrected chi connectivity index (χ4v) is 4.00. The van der Waals surface area contributed by atoms with Crippen LogP contribution in [0.25, 0.3) is 0 Å². The Morgan fingerprint density at radius 1 is 1.07 bits per heavy atom. The summed E-state index contributed by atoms with van der Waals surface area (Å²) in [6, 6.07) is 7.68. The van der Waals surface area contributed by atoms with E-state index in [4.69, 9.17) is 21.7 Å². The minimum absolute atomic E-state index is 0.227. The average molecular weight is 417 g/mol. The second-order valence-electron chi connectivity index (χ2n) is 7.38. The zero-order valence-electron chi connectivity index (χ0n) is 16.2. The van der Waals surface area contributed by atoms with Crippen LogP contribution in [-0.2, 0) is 9.59 Å². The molecule has 0 radical (unpaired) electrons. The number of likely N-dealkylation sites (tertiary alicyclic amines) is 1. The molecule has 1 saturated carbocycles. The second kappa shape index (κ2) is 9.74. The van der Waals surface area contributed by atoms with Crippen LogP contribution in [0, 0.1) is 0 Å². The summed E-state index contributed by atoms with van der Waals surface area (Å²) in [6.07, 6.45) is 9.73. The van der Waals surface area contributed by atoms with Gasteiger partial charge in [-0.25, -0.2) is 9.59 Å². The van der Waals surface area contributed by atoms with E-state index in [-0.39, 0.29) is 11.7 Å². The number of carboxylic acids is 2. The van der Waals surface area contributed by atoms with Crippen LogP contribution >= 0.6 is 11.6 Å². The summed E-state index contributed by atoms with van der Waals surface area (Å²) in [7, 11) is 0. The van der Waals surface area contributed by atoms with Crippen molar-refractivity contribution in [2.45, 2.75) is 51.0 Å². The first-order chi connectivity index (χ1) is 13.9. The lowest BCUT2D eigenvalue weighted by Crippen LogP contribution is -2.25. The van der Waals surface area contributed by atoms with E-state index >= 15 is 0 Å². The third-order valence-electron chi connectivity index (χ3n) is 5.27. The van der Waals surface area contributed by atoms with Gasteiger partial charge in [0.15, 0.2) is 0 Å². The number of hydrogen-bond acceptors (Lipinski definition) is 4. The molecule has 1 heterocycles. The number of benzene rings is 1. The second-order valence-corrected chi connectivity index (χ2v) is 7.81. The normalized spacial score (nSPS) is 20.3. The lowest BCUT2D eigenvalue weighted by atomic mass is 9.95. The first kappa shape index (κ1) is 21.1. The molecule has 0 bridgehead atoms. The molecule has 0 aromatic heterocycles. The van der Waals surface area contributed by atoms with Crippen molar-refractivity contribution >= 4 is 29.3 Å². The van der Waals surface area contributed by atoms with Gasteiger partial charge in [0, 0.05) is 17.3 Å². The Labute approximate surface area is 175 Å². The van der Waals surface area contributed by atoms with Crippen LogP contribution in [0.2, 0.25) is 5.02 Å². The van der Waals surface area contributed by atoms with E-state index in [1.807, 2.05) is 30.3 Å². The highest BCUT2D eigenvalue weighted by Gasteiger charge is 2.26. The average Bonchev–Trinajstić information content (AvgIpc) is 3.14. The molecule has 3 rings (SSSR count). The number of hydrogen-bond donors (Lipinski definition) is 2. The summed E-state index contributed by atoms with van der Waals surface area (Å²) in [4.78, 5) is 29.3. The van der Waals surface area contributed by atoms with Gasteiger partial charge in [-0.15, -0.1) is 0 Å². The van der Waals surface area contributed by atoms with Crippen molar-refractivity contribution < 1.29 is 19.8 Å². The predicted molar refractivity (Wildman–Crippen MR) is 112 cm³/mol. The van der Waals surface area contributed by atoms with Gasteiger partial charge in [-0.2, -0.15) is 0 Å². The summed E-state index contributed by atoms with van der Waals surface area (Å²) < 4.78 is 0. The molecular formula is C22H25ClN2O4. The Morgan fingerprint density at radius 2 is 1.76 bits per heavy atom. The molecule has 29 heavy (non-hydrogen) atoms. The Balaban J connectivity index is 1.99. The van der Waals surface area contributed by atoms with Crippen molar-refractivity contribution in [1.82, 2.24) is 4.90 Å². The van der Waals surface area contributed by atoms with Gasteiger partial charge in [0.25, 0.3) is 0 Å². The van der Waals surface area contributed by atoms with Crippen molar-refractivity contribution in [2.75, 3.05) is 6.54 Å². The van der Waals surface area contributed by atoms with Crippen LogP contribution in [0.3, 0.4) is 0 Å². The molecule has 0 atom stereocenters. The molecule has 7 heteroatoms. The maximum atomic E-state index is 11.6. The maximum absolute atomic E-state index is 11.6. The molecule has 1 aromatic rings. The lowest BCUT2D eigenvalue weighted by molar-refractivity contribution is -0.136. The summed E-state index contributed by atoms with van der Waals surface area (Å²) in [5, 5.41) is 19.2. The zero-order valence-corrected chi connectivity index (χ0v) is 16.9. The number of nitrogens with zero attached hydrogens (tertiary/aromatic N) is 2. The number of carbonyl (C=O) groups is 2. The van der Waals surface area contributed by atoms with Gasteiger partial charge in [0.1, 0.15) is 5.70 Å². The maximum Gasteiger partial charge on any atom is 0.352 e. The van der Waals surface area contributed by atoms with E-state index < -0.39 is 11.9 Å². The number of aliphatic imine (C=N–C) groups is 1. The highest BCUT2D eigenvalue weighted by molar-refractivity contribution is 6.30. The molecule has 1 aromatic carbocycles. The van der Waals surface area contributed by atoms with Crippen LogP contribution in [0.1, 0.15) is 50.5 Å². The van der Waals surface area contributed by atoms with E-state index in [1.165, 1.54) is 6.42 Å². The molecule has 0 spiro atoms. The van der Waals surface area contributed by atoms with Crippen molar-refractivity contribution in [2.24, 2.45) is 4.99 Å². The lowest BCUT2D eigenvalue weighted by Gasteiger charge is -2.22. The van der Waals surface area contributed by atoms with Gasteiger partial charge >= 0.3 is 11.9 Å².